The number of aliphatic carboxylic acids is 1. The predicted octanol–water partition coefficient (Wildman–Crippen LogP) is 2.21. The highest BCUT2D eigenvalue weighted by atomic mass is 32.2. The molecule has 1 rings (SSSR count). The van der Waals surface area contributed by atoms with Gasteiger partial charge < -0.3 is 9.84 Å². The van der Waals surface area contributed by atoms with Crippen LogP contribution in [0.4, 0.5) is 0 Å². The Balaban J connectivity index is 2.80. The second-order valence-electron chi connectivity index (χ2n) is 5.45. The summed E-state index contributed by atoms with van der Waals surface area (Å²) >= 11 is 0. The van der Waals surface area contributed by atoms with E-state index in [0.717, 1.165) is 11.3 Å². The largest absolute Gasteiger partial charge is 0.497 e. The maximum absolute atomic E-state index is 12.0. The Morgan fingerprint density at radius 3 is 2.33 bits per heavy atom. The minimum absolute atomic E-state index is 0.526. The molecule has 0 spiro atoms. The molecule has 21 heavy (non-hydrogen) atoms. The van der Waals surface area contributed by atoms with Crippen LogP contribution in [0, 0.1) is 0 Å². The molecule has 0 aliphatic carbocycles. The van der Waals surface area contributed by atoms with Gasteiger partial charge in [-0.25, -0.2) is 8.93 Å². The summed E-state index contributed by atoms with van der Waals surface area (Å²) < 4.78 is 19.1. The van der Waals surface area contributed by atoms with Crippen molar-refractivity contribution in [3.8, 4) is 5.75 Å². The van der Waals surface area contributed by atoms with Crippen LogP contribution in [0.1, 0.15) is 26.3 Å². The van der Waals surface area contributed by atoms with Crippen molar-refractivity contribution in [1.82, 2.24) is 4.72 Å². The lowest BCUT2D eigenvalue weighted by Gasteiger charge is -2.20. The highest BCUT2D eigenvalue weighted by Gasteiger charge is 2.24. The van der Waals surface area contributed by atoms with E-state index in [1.54, 1.807) is 46.1 Å². The van der Waals surface area contributed by atoms with Gasteiger partial charge in [-0.3, -0.25) is 4.79 Å². The first-order valence-electron chi connectivity index (χ1n) is 6.47. The molecule has 0 radical (unpaired) electrons. The fraction of sp³-hybridized carbons (Fsp3) is 0.400. The summed E-state index contributed by atoms with van der Waals surface area (Å²) in [6, 6.07) is 6.20. The summed E-state index contributed by atoms with van der Waals surface area (Å²) in [4.78, 5) is 11.2. The third-order valence-corrected chi connectivity index (χ3v) is 4.23. The molecule has 0 saturated heterocycles. The Morgan fingerprint density at radius 2 is 1.90 bits per heavy atom. The molecular weight excluding hydrogens is 290 g/mol. The van der Waals surface area contributed by atoms with Gasteiger partial charge in [0, 0.05) is 0 Å². The normalized spacial score (nSPS) is 14.9. The van der Waals surface area contributed by atoms with Crippen molar-refractivity contribution >= 4 is 23.0 Å². The zero-order chi connectivity index (χ0) is 16.0. The molecule has 2 N–H and O–H groups in total. The van der Waals surface area contributed by atoms with Gasteiger partial charge in [-0.15, -0.1) is 0 Å². The van der Waals surface area contributed by atoms with E-state index < -0.39 is 27.7 Å². The number of benzene rings is 1. The van der Waals surface area contributed by atoms with Crippen LogP contribution in [0.5, 0.6) is 5.75 Å². The molecule has 0 fully saturated rings. The third-order valence-electron chi connectivity index (χ3n) is 2.65. The van der Waals surface area contributed by atoms with Gasteiger partial charge in [-0.05, 0) is 38.5 Å². The lowest BCUT2D eigenvalue weighted by Crippen LogP contribution is -2.42. The Labute approximate surface area is 127 Å². The molecule has 0 aromatic heterocycles. The standard InChI is InChI=1S/C15H21NO4S/c1-15(2,3)21(19)16-13(14(17)18)10-7-11-5-8-12(20-4)9-6-11/h5-10,13,16H,1-4H3,(H,17,18)/b10-7+/t13-,21?/m0/s1. The van der Waals surface area contributed by atoms with Gasteiger partial charge in [0.25, 0.3) is 0 Å². The first kappa shape index (κ1) is 17.4. The first-order valence-corrected chi connectivity index (χ1v) is 7.62. The maximum atomic E-state index is 12.0. The van der Waals surface area contributed by atoms with E-state index in [0.29, 0.717) is 0 Å². The Kier molecular flexibility index (Phi) is 6.11. The van der Waals surface area contributed by atoms with Crippen molar-refractivity contribution in [2.75, 3.05) is 7.11 Å². The van der Waals surface area contributed by atoms with E-state index in [1.807, 2.05) is 12.1 Å². The zero-order valence-electron chi connectivity index (χ0n) is 12.6. The number of hydrogen-bond donors (Lipinski definition) is 2. The molecule has 116 valence electrons. The van der Waals surface area contributed by atoms with Crippen molar-refractivity contribution in [3.05, 3.63) is 35.9 Å². The van der Waals surface area contributed by atoms with Gasteiger partial charge in [-0.1, -0.05) is 24.3 Å². The van der Waals surface area contributed by atoms with E-state index in [-0.39, 0.29) is 0 Å². The van der Waals surface area contributed by atoms with Crippen LogP contribution in [0.3, 0.4) is 0 Å². The number of carboxylic acids is 1. The summed E-state index contributed by atoms with van der Waals surface area (Å²) in [6.07, 6.45) is 3.15. The molecular formula is C15H21NO4S. The zero-order valence-corrected chi connectivity index (χ0v) is 13.4. The van der Waals surface area contributed by atoms with Crippen LogP contribution in [-0.4, -0.2) is 33.2 Å². The molecule has 0 saturated carbocycles. The van der Waals surface area contributed by atoms with Gasteiger partial charge in [0.05, 0.1) is 22.8 Å². The monoisotopic (exact) mass is 311 g/mol. The highest BCUT2D eigenvalue weighted by Crippen LogP contribution is 2.13. The van der Waals surface area contributed by atoms with Crippen molar-refractivity contribution in [1.29, 1.82) is 0 Å². The number of rotatable bonds is 6. The van der Waals surface area contributed by atoms with Crippen LogP contribution in [0.25, 0.3) is 6.08 Å². The minimum atomic E-state index is -1.45. The summed E-state index contributed by atoms with van der Waals surface area (Å²) in [5.41, 5.74) is 0.838. The molecule has 5 nitrogen and oxygen atoms in total. The summed E-state index contributed by atoms with van der Waals surface area (Å²) in [7, 11) is 0.127. The van der Waals surface area contributed by atoms with Crippen LogP contribution < -0.4 is 9.46 Å². The van der Waals surface area contributed by atoms with Crippen molar-refractivity contribution < 1.29 is 18.8 Å². The maximum Gasteiger partial charge on any atom is 0.325 e. The van der Waals surface area contributed by atoms with Gasteiger partial charge in [0.1, 0.15) is 11.8 Å². The smallest absolute Gasteiger partial charge is 0.325 e. The van der Waals surface area contributed by atoms with E-state index >= 15 is 0 Å². The number of hydrogen-bond acceptors (Lipinski definition) is 3. The summed E-state index contributed by atoms with van der Waals surface area (Å²) in [5, 5.41) is 9.18. The van der Waals surface area contributed by atoms with Gasteiger partial charge in [0.2, 0.25) is 0 Å². The molecule has 1 unspecified atom stereocenters. The summed E-state index contributed by atoms with van der Waals surface area (Å²) in [6.45, 7) is 5.34. The quantitative estimate of drug-likeness (QED) is 0.844. The van der Waals surface area contributed by atoms with Crippen molar-refractivity contribution in [3.63, 3.8) is 0 Å². The fourth-order valence-electron chi connectivity index (χ4n) is 1.39. The molecule has 0 amide bonds. The highest BCUT2D eigenvalue weighted by molar-refractivity contribution is 7.84. The Bertz CT molecular complexity index is 532. The fourth-order valence-corrected chi connectivity index (χ4v) is 2.15. The number of carboxylic acid groups (broad SMARTS) is 1. The first-order chi connectivity index (χ1) is 9.74. The molecule has 0 heterocycles. The van der Waals surface area contributed by atoms with Crippen LogP contribution in [0.15, 0.2) is 30.3 Å². The molecule has 2 atom stereocenters. The molecule has 0 aliphatic heterocycles. The lowest BCUT2D eigenvalue weighted by atomic mass is 10.1. The average Bonchev–Trinajstić information content (AvgIpc) is 2.42. The van der Waals surface area contributed by atoms with Crippen LogP contribution in [-0.2, 0) is 15.8 Å². The Hall–Kier alpha value is -1.66. The number of carbonyl (C=O) groups is 1. The number of nitrogens with one attached hydrogen (secondary N) is 1. The number of ether oxygens (including phenoxy) is 1. The van der Waals surface area contributed by atoms with Gasteiger partial charge in [0.15, 0.2) is 0 Å². The van der Waals surface area contributed by atoms with E-state index in [2.05, 4.69) is 4.72 Å². The molecule has 1 aromatic carbocycles. The van der Waals surface area contributed by atoms with E-state index in [1.165, 1.54) is 6.08 Å². The third kappa shape index (κ3) is 5.69. The molecule has 0 aliphatic rings. The topological polar surface area (TPSA) is 75.6 Å². The minimum Gasteiger partial charge on any atom is -0.497 e. The van der Waals surface area contributed by atoms with Crippen molar-refractivity contribution in [2.24, 2.45) is 0 Å². The van der Waals surface area contributed by atoms with E-state index in [9.17, 15) is 14.1 Å². The lowest BCUT2D eigenvalue weighted by molar-refractivity contribution is -0.137. The molecule has 1 aromatic rings. The van der Waals surface area contributed by atoms with Crippen LogP contribution >= 0.6 is 0 Å². The predicted molar refractivity (Wildman–Crippen MR) is 84.5 cm³/mol. The second kappa shape index (κ2) is 7.38. The molecule has 0 bridgehead atoms. The average molecular weight is 311 g/mol. The van der Waals surface area contributed by atoms with Crippen LogP contribution in [0.2, 0.25) is 0 Å². The van der Waals surface area contributed by atoms with Gasteiger partial charge in [-0.2, -0.15) is 0 Å². The summed E-state index contributed by atoms with van der Waals surface area (Å²) in [5.74, 6) is -0.341. The molecule has 6 heteroatoms. The second-order valence-corrected chi connectivity index (χ2v) is 7.45. The van der Waals surface area contributed by atoms with Gasteiger partial charge >= 0.3 is 5.97 Å². The Morgan fingerprint density at radius 1 is 1.33 bits per heavy atom. The SMILES string of the molecule is COc1ccc(/C=C/[C@H](NS(=O)C(C)(C)C)C(=O)O)cc1. The number of methoxy groups -OCH3 is 1. The van der Waals surface area contributed by atoms with Crippen molar-refractivity contribution in [2.45, 2.75) is 31.6 Å². The van der Waals surface area contributed by atoms with E-state index in [4.69, 9.17) is 4.74 Å².